The normalized spacial score (nSPS) is 21.6. The van der Waals surface area contributed by atoms with Crippen molar-refractivity contribution in [2.45, 2.75) is 32.2 Å². The molecule has 7 heteroatoms. The minimum Gasteiger partial charge on any atom is -0.481 e. The summed E-state index contributed by atoms with van der Waals surface area (Å²) in [5.41, 5.74) is 1.65. The van der Waals surface area contributed by atoms with Crippen molar-refractivity contribution in [2.24, 2.45) is 5.92 Å². The zero-order chi connectivity index (χ0) is 15.0. The van der Waals surface area contributed by atoms with Crippen LogP contribution in [0.25, 0.3) is 5.65 Å². The van der Waals surface area contributed by atoms with E-state index < -0.39 is 11.9 Å². The zero-order valence-corrected chi connectivity index (χ0v) is 11.6. The number of carboxylic acids is 1. The first kappa shape index (κ1) is 13.5. The van der Waals surface area contributed by atoms with Gasteiger partial charge in [-0.25, -0.2) is 9.50 Å². The molecule has 21 heavy (non-hydrogen) atoms. The molecule has 2 aromatic rings. The first-order valence-corrected chi connectivity index (χ1v) is 6.91. The fourth-order valence-electron chi connectivity index (χ4n) is 2.79. The van der Waals surface area contributed by atoms with Crippen molar-refractivity contribution in [3.8, 4) is 0 Å². The molecule has 0 bridgehead atoms. The van der Waals surface area contributed by atoms with Gasteiger partial charge in [-0.15, -0.1) is 0 Å². The highest BCUT2D eigenvalue weighted by Crippen LogP contribution is 2.26. The van der Waals surface area contributed by atoms with Crippen molar-refractivity contribution < 1.29 is 14.7 Å². The van der Waals surface area contributed by atoms with E-state index in [1.54, 1.807) is 12.3 Å². The molecule has 1 saturated carbocycles. The number of carboxylic acid groups (broad SMARTS) is 1. The molecule has 0 saturated heterocycles. The number of rotatable bonds is 3. The summed E-state index contributed by atoms with van der Waals surface area (Å²) in [4.78, 5) is 27.8. The molecule has 0 radical (unpaired) electrons. The number of carbonyl (C=O) groups is 2. The van der Waals surface area contributed by atoms with E-state index in [-0.39, 0.29) is 11.9 Å². The first-order valence-electron chi connectivity index (χ1n) is 6.91. The minimum absolute atomic E-state index is 0.318. The second kappa shape index (κ2) is 5.16. The molecule has 3 rings (SSSR count). The Labute approximate surface area is 121 Å². The number of fused-ring (bicyclic) bond motifs is 1. The molecule has 110 valence electrons. The number of aliphatic carboxylic acids is 1. The van der Waals surface area contributed by atoms with Crippen LogP contribution in [-0.4, -0.2) is 37.6 Å². The van der Waals surface area contributed by atoms with Gasteiger partial charge in [0.05, 0.1) is 12.1 Å². The Morgan fingerprint density at radius 2 is 2.24 bits per heavy atom. The van der Waals surface area contributed by atoms with E-state index in [4.69, 9.17) is 5.11 Å². The average molecular weight is 288 g/mol. The van der Waals surface area contributed by atoms with Crippen molar-refractivity contribution in [1.29, 1.82) is 0 Å². The van der Waals surface area contributed by atoms with Gasteiger partial charge in [-0.3, -0.25) is 9.59 Å². The van der Waals surface area contributed by atoms with Crippen LogP contribution in [0.3, 0.4) is 0 Å². The van der Waals surface area contributed by atoms with Gasteiger partial charge in [0.2, 0.25) is 0 Å². The van der Waals surface area contributed by atoms with E-state index in [0.29, 0.717) is 24.1 Å². The lowest BCUT2D eigenvalue weighted by molar-refractivity contribution is -0.142. The molecule has 0 aromatic carbocycles. The minimum atomic E-state index is -0.855. The van der Waals surface area contributed by atoms with Crippen molar-refractivity contribution >= 4 is 17.5 Å². The third kappa shape index (κ3) is 2.46. The molecule has 0 unspecified atom stereocenters. The van der Waals surface area contributed by atoms with E-state index in [1.807, 2.05) is 6.92 Å². The van der Waals surface area contributed by atoms with Crippen LogP contribution in [-0.2, 0) is 4.79 Å². The Hall–Kier alpha value is -2.44. The summed E-state index contributed by atoms with van der Waals surface area (Å²) in [6, 6.07) is 1.48. The SMILES string of the molecule is Cc1ccn2ncc(C(=O)N[C@@H]3CCC[C@@H]3C(=O)O)c2n1. The third-order valence-electron chi connectivity index (χ3n) is 3.90. The lowest BCUT2D eigenvalue weighted by atomic mass is 10.0. The quantitative estimate of drug-likeness (QED) is 0.879. The number of carbonyl (C=O) groups excluding carboxylic acids is 1. The summed E-state index contributed by atoms with van der Waals surface area (Å²) in [6.07, 6.45) is 5.31. The summed E-state index contributed by atoms with van der Waals surface area (Å²) in [5, 5.41) is 16.1. The summed E-state index contributed by atoms with van der Waals surface area (Å²) >= 11 is 0. The molecule has 2 atom stereocenters. The summed E-state index contributed by atoms with van der Waals surface area (Å²) in [7, 11) is 0. The maximum Gasteiger partial charge on any atom is 0.308 e. The summed E-state index contributed by atoms with van der Waals surface area (Å²) in [6.45, 7) is 1.84. The van der Waals surface area contributed by atoms with Crippen LogP contribution in [0.5, 0.6) is 0 Å². The number of aromatic nitrogens is 3. The largest absolute Gasteiger partial charge is 0.481 e. The van der Waals surface area contributed by atoms with Crippen LogP contribution >= 0.6 is 0 Å². The van der Waals surface area contributed by atoms with Gasteiger partial charge in [0.1, 0.15) is 5.56 Å². The van der Waals surface area contributed by atoms with E-state index in [9.17, 15) is 9.59 Å². The van der Waals surface area contributed by atoms with Crippen LogP contribution in [0.15, 0.2) is 18.5 Å². The fraction of sp³-hybridized carbons (Fsp3) is 0.429. The Morgan fingerprint density at radius 3 is 3.00 bits per heavy atom. The molecule has 2 N–H and O–H groups in total. The molecule has 1 amide bonds. The summed E-state index contributed by atoms with van der Waals surface area (Å²) < 4.78 is 1.53. The molecular formula is C14H16N4O3. The van der Waals surface area contributed by atoms with Gasteiger partial charge in [-0.05, 0) is 25.8 Å². The third-order valence-corrected chi connectivity index (χ3v) is 3.90. The number of nitrogens with zero attached hydrogens (tertiary/aromatic N) is 3. The number of amides is 1. The Morgan fingerprint density at radius 1 is 1.43 bits per heavy atom. The predicted molar refractivity (Wildman–Crippen MR) is 74.0 cm³/mol. The highest BCUT2D eigenvalue weighted by molar-refractivity contribution is 6.00. The molecule has 1 fully saturated rings. The van der Waals surface area contributed by atoms with Crippen molar-refractivity contribution in [2.75, 3.05) is 0 Å². The number of hydrogen-bond acceptors (Lipinski definition) is 4. The summed E-state index contributed by atoms with van der Waals surface area (Å²) in [5.74, 6) is -1.68. The molecule has 0 spiro atoms. The lowest BCUT2D eigenvalue weighted by Gasteiger charge is -2.17. The van der Waals surface area contributed by atoms with Crippen LogP contribution in [0.2, 0.25) is 0 Å². The van der Waals surface area contributed by atoms with E-state index in [0.717, 1.165) is 12.1 Å². The van der Waals surface area contributed by atoms with E-state index in [2.05, 4.69) is 15.4 Å². The maximum absolute atomic E-state index is 12.4. The highest BCUT2D eigenvalue weighted by Gasteiger charge is 2.34. The second-order valence-electron chi connectivity index (χ2n) is 5.35. The first-order chi connectivity index (χ1) is 10.1. The van der Waals surface area contributed by atoms with Crippen LogP contribution in [0.1, 0.15) is 35.3 Å². The molecule has 7 nitrogen and oxygen atoms in total. The fourth-order valence-corrected chi connectivity index (χ4v) is 2.79. The van der Waals surface area contributed by atoms with Crippen molar-refractivity contribution in [1.82, 2.24) is 19.9 Å². The standard InChI is InChI=1S/C14H16N4O3/c1-8-5-6-18-12(16-8)10(7-15-18)13(19)17-11-4-2-3-9(11)14(20)21/h5-7,9,11H,2-4H2,1H3,(H,17,19)(H,20,21)/t9-,11+/m0/s1. The van der Waals surface area contributed by atoms with Gasteiger partial charge in [0.25, 0.3) is 5.91 Å². The lowest BCUT2D eigenvalue weighted by Crippen LogP contribution is -2.40. The van der Waals surface area contributed by atoms with E-state index >= 15 is 0 Å². The second-order valence-corrected chi connectivity index (χ2v) is 5.35. The monoisotopic (exact) mass is 288 g/mol. The molecule has 0 aliphatic heterocycles. The average Bonchev–Trinajstić information content (AvgIpc) is 3.04. The van der Waals surface area contributed by atoms with Crippen molar-refractivity contribution in [3.05, 3.63) is 29.7 Å². The molecule has 1 aliphatic carbocycles. The Bertz CT molecular complexity index is 709. The maximum atomic E-state index is 12.4. The van der Waals surface area contributed by atoms with Crippen LogP contribution < -0.4 is 5.32 Å². The van der Waals surface area contributed by atoms with Gasteiger partial charge in [0.15, 0.2) is 5.65 Å². The molecule has 1 aliphatic rings. The Balaban J connectivity index is 1.84. The Kier molecular flexibility index (Phi) is 3.32. The predicted octanol–water partition coefficient (Wildman–Crippen LogP) is 1.02. The van der Waals surface area contributed by atoms with Gasteiger partial charge in [0, 0.05) is 17.9 Å². The number of nitrogens with one attached hydrogen (secondary N) is 1. The van der Waals surface area contributed by atoms with Gasteiger partial charge in [-0.2, -0.15) is 5.10 Å². The van der Waals surface area contributed by atoms with Crippen LogP contribution in [0.4, 0.5) is 0 Å². The molecule has 2 heterocycles. The molecule has 2 aromatic heterocycles. The van der Waals surface area contributed by atoms with Crippen molar-refractivity contribution in [3.63, 3.8) is 0 Å². The topological polar surface area (TPSA) is 96.6 Å². The number of aryl methyl sites for hydroxylation is 1. The number of hydrogen-bond donors (Lipinski definition) is 2. The van der Waals surface area contributed by atoms with E-state index in [1.165, 1.54) is 10.7 Å². The van der Waals surface area contributed by atoms with Gasteiger partial charge in [-0.1, -0.05) is 6.42 Å². The van der Waals surface area contributed by atoms with Gasteiger partial charge < -0.3 is 10.4 Å². The zero-order valence-electron chi connectivity index (χ0n) is 11.6. The van der Waals surface area contributed by atoms with Crippen LogP contribution in [0, 0.1) is 12.8 Å². The molecular weight excluding hydrogens is 272 g/mol. The van der Waals surface area contributed by atoms with Gasteiger partial charge >= 0.3 is 5.97 Å². The highest BCUT2D eigenvalue weighted by atomic mass is 16.4. The smallest absolute Gasteiger partial charge is 0.308 e.